The minimum Gasteiger partial charge on any atom is -0.457 e. The largest absolute Gasteiger partial charge is 0.457 e. The molecule has 0 amide bonds. The zero-order valence-electron chi connectivity index (χ0n) is 28.8. The molecular formula is C44H44OP2S4. The van der Waals surface area contributed by atoms with Crippen molar-refractivity contribution < 1.29 is 4.74 Å². The van der Waals surface area contributed by atoms with Crippen LogP contribution in [0.2, 0.25) is 0 Å². The third-order valence-electron chi connectivity index (χ3n) is 8.76. The summed E-state index contributed by atoms with van der Waals surface area (Å²) < 4.78 is 6.32. The van der Waals surface area contributed by atoms with Gasteiger partial charge in [-0.3, -0.25) is 0 Å². The normalized spacial score (nSPS) is 11.7. The molecule has 0 aliphatic rings. The number of hydrogen-bond donors (Lipinski definition) is 0. The first-order valence-corrected chi connectivity index (χ1v) is 26.7. The predicted octanol–water partition coefficient (Wildman–Crippen LogP) is 13.4. The fraction of sp³-hybridized carbons (Fsp3) is 0.182. The average Bonchev–Trinajstić information content (AvgIpc) is 3.18. The van der Waals surface area contributed by atoms with E-state index in [9.17, 15) is 0 Å². The SMILES string of the molecule is S=P(CCc1ccccc1)(CCc1ccccc1)Sc1ccc(Oc2ccc(SP(=S)(CCc3ccccc3)CCc3ccccc3)cc2)cc1. The van der Waals surface area contributed by atoms with E-state index in [1.807, 2.05) is 22.8 Å². The summed E-state index contributed by atoms with van der Waals surface area (Å²) in [4.78, 5) is 2.44. The summed E-state index contributed by atoms with van der Waals surface area (Å²) in [6.07, 6.45) is 8.23. The van der Waals surface area contributed by atoms with Crippen molar-refractivity contribution in [3.05, 3.63) is 192 Å². The second kappa shape index (κ2) is 19.3. The van der Waals surface area contributed by atoms with Gasteiger partial charge in [0.2, 0.25) is 0 Å². The standard InChI is InChI=1S/C44H44OP2S4/c48-46(33-29-37-13-5-1-6-14-37,34-30-38-15-7-2-8-16-38)50-43-25-21-41(22-26-43)45-42-23-27-44(28-24-42)51-47(49,35-31-39-17-9-3-10-18-39)36-32-40-19-11-4-12-20-40/h1-28H,29-36H2. The van der Waals surface area contributed by atoms with E-state index in [2.05, 4.69) is 170 Å². The number of ether oxygens (including phenoxy) is 1. The third-order valence-corrected chi connectivity index (χ3v) is 23.0. The number of aryl methyl sites for hydroxylation is 4. The molecule has 0 aliphatic heterocycles. The van der Waals surface area contributed by atoms with Gasteiger partial charge >= 0.3 is 0 Å². The van der Waals surface area contributed by atoms with Crippen LogP contribution in [0.4, 0.5) is 0 Å². The fourth-order valence-corrected chi connectivity index (χ4v) is 18.2. The van der Waals surface area contributed by atoms with Gasteiger partial charge in [0.15, 0.2) is 0 Å². The van der Waals surface area contributed by atoms with Crippen LogP contribution >= 0.6 is 33.2 Å². The van der Waals surface area contributed by atoms with E-state index in [1.165, 1.54) is 32.0 Å². The molecule has 0 aromatic heterocycles. The van der Waals surface area contributed by atoms with E-state index in [0.29, 0.717) is 0 Å². The molecule has 0 fully saturated rings. The molecule has 0 saturated carbocycles. The van der Waals surface area contributed by atoms with Crippen LogP contribution in [0.3, 0.4) is 0 Å². The van der Waals surface area contributed by atoms with E-state index in [1.54, 1.807) is 0 Å². The lowest BCUT2D eigenvalue weighted by Gasteiger charge is -2.22. The Hall–Kier alpha value is -2.88. The first kappa shape index (κ1) is 37.9. The van der Waals surface area contributed by atoms with Crippen molar-refractivity contribution in [2.45, 2.75) is 35.5 Å². The second-order valence-corrected chi connectivity index (χ2v) is 29.9. The molecule has 6 aromatic rings. The Labute approximate surface area is 323 Å². The molecule has 0 heterocycles. The van der Waals surface area contributed by atoms with Gasteiger partial charge in [0, 0.05) is 20.3 Å². The molecule has 260 valence electrons. The molecule has 0 spiro atoms. The number of rotatable bonds is 18. The van der Waals surface area contributed by atoms with Crippen molar-refractivity contribution in [2.75, 3.05) is 24.6 Å². The average molecular weight is 779 g/mol. The molecule has 6 aromatic carbocycles. The van der Waals surface area contributed by atoms with Crippen LogP contribution in [-0.4, -0.2) is 24.6 Å². The van der Waals surface area contributed by atoms with Crippen LogP contribution in [0, 0.1) is 0 Å². The molecule has 1 nitrogen and oxygen atoms in total. The highest BCUT2D eigenvalue weighted by molar-refractivity contribution is 8.71. The minimum atomic E-state index is -1.72. The van der Waals surface area contributed by atoms with Crippen molar-refractivity contribution >= 4 is 56.9 Å². The molecule has 0 aliphatic carbocycles. The number of benzene rings is 6. The van der Waals surface area contributed by atoms with Crippen LogP contribution in [0.25, 0.3) is 0 Å². The Morgan fingerprint density at radius 2 is 0.608 bits per heavy atom. The highest BCUT2D eigenvalue weighted by Gasteiger charge is 2.21. The Kier molecular flexibility index (Phi) is 14.3. The maximum Gasteiger partial charge on any atom is 0.127 e. The molecule has 51 heavy (non-hydrogen) atoms. The molecule has 0 atom stereocenters. The van der Waals surface area contributed by atoms with Gasteiger partial charge in [-0.2, -0.15) is 0 Å². The lowest BCUT2D eigenvalue weighted by atomic mass is 10.2. The van der Waals surface area contributed by atoms with Gasteiger partial charge < -0.3 is 4.74 Å². The highest BCUT2D eigenvalue weighted by Crippen LogP contribution is 2.63. The van der Waals surface area contributed by atoms with E-state index in [-0.39, 0.29) is 0 Å². The molecular weight excluding hydrogens is 735 g/mol. The topological polar surface area (TPSA) is 9.23 Å². The smallest absolute Gasteiger partial charge is 0.127 e. The van der Waals surface area contributed by atoms with E-state index in [0.717, 1.165) is 61.8 Å². The van der Waals surface area contributed by atoms with Gasteiger partial charge in [-0.15, -0.1) is 0 Å². The monoisotopic (exact) mass is 778 g/mol. The Morgan fingerprint density at radius 1 is 0.353 bits per heavy atom. The lowest BCUT2D eigenvalue weighted by molar-refractivity contribution is 0.482. The van der Waals surface area contributed by atoms with Gasteiger partial charge in [0.05, 0.1) is 0 Å². The molecule has 0 radical (unpaired) electrons. The maximum atomic E-state index is 6.49. The number of hydrogen-bond acceptors (Lipinski definition) is 5. The van der Waals surface area contributed by atoms with Gasteiger partial charge in [-0.1, -0.05) is 168 Å². The van der Waals surface area contributed by atoms with E-state index in [4.69, 9.17) is 28.4 Å². The summed E-state index contributed by atoms with van der Waals surface area (Å²) in [5, 5.41) is -3.44. The van der Waals surface area contributed by atoms with Crippen molar-refractivity contribution in [1.82, 2.24) is 0 Å². The molecule has 7 heteroatoms. The Bertz CT molecular complexity index is 1760. The van der Waals surface area contributed by atoms with Crippen molar-refractivity contribution in [3.63, 3.8) is 0 Å². The molecule has 0 bridgehead atoms. The second-order valence-electron chi connectivity index (χ2n) is 12.7. The first-order valence-electron chi connectivity index (χ1n) is 17.5. The summed E-state index contributed by atoms with van der Waals surface area (Å²) in [6, 6.07) is 60.0. The molecule has 0 saturated heterocycles. The van der Waals surface area contributed by atoms with Crippen molar-refractivity contribution in [1.29, 1.82) is 0 Å². The zero-order valence-corrected chi connectivity index (χ0v) is 33.8. The first-order chi connectivity index (χ1) is 24.9. The van der Waals surface area contributed by atoms with Crippen LogP contribution in [-0.2, 0) is 49.3 Å². The molecule has 0 N–H and O–H groups in total. The summed E-state index contributed by atoms with van der Waals surface area (Å²) in [5.74, 6) is 1.66. The summed E-state index contributed by atoms with van der Waals surface area (Å²) in [5.41, 5.74) is 5.44. The van der Waals surface area contributed by atoms with E-state index >= 15 is 0 Å². The fourth-order valence-electron chi connectivity index (χ4n) is 5.84. The van der Waals surface area contributed by atoms with Crippen LogP contribution in [0.5, 0.6) is 11.5 Å². The quantitative estimate of drug-likeness (QED) is 0.0801. The van der Waals surface area contributed by atoms with Gasteiger partial charge in [-0.25, -0.2) is 0 Å². The van der Waals surface area contributed by atoms with Crippen molar-refractivity contribution in [3.8, 4) is 11.5 Å². The van der Waals surface area contributed by atoms with Crippen molar-refractivity contribution in [2.24, 2.45) is 0 Å². The third kappa shape index (κ3) is 12.6. The maximum absolute atomic E-state index is 6.49. The lowest BCUT2D eigenvalue weighted by Crippen LogP contribution is -1.99. The Balaban J connectivity index is 1.08. The van der Waals surface area contributed by atoms with Gasteiger partial charge in [0.1, 0.15) is 11.5 Å². The zero-order chi connectivity index (χ0) is 35.2. The van der Waals surface area contributed by atoms with Crippen LogP contribution in [0.1, 0.15) is 22.3 Å². The van der Waals surface area contributed by atoms with E-state index < -0.39 is 10.5 Å². The van der Waals surface area contributed by atoms with Gasteiger partial charge in [0.25, 0.3) is 0 Å². The summed E-state index contributed by atoms with van der Waals surface area (Å²) in [7, 11) is 0. The van der Waals surface area contributed by atoms with Gasteiger partial charge in [-0.05, 0) is 121 Å². The van der Waals surface area contributed by atoms with Crippen LogP contribution < -0.4 is 4.74 Å². The molecule has 6 rings (SSSR count). The van der Waals surface area contributed by atoms with Crippen LogP contribution in [0.15, 0.2) is 180 Å². The molecule has 0 unspecified atom stereocenters. The summed E-state index contributed by atoms with van der Waals surface area (Å²) in [6.45, 7) is 0. The summed E-state index contributed by atoms with van der Waals surface area (Å²) >= 11 is 16.8. The minimum absolute atomic E-state index is 0.831. The highest BCUT2D eigenvalue weighted by atomic mass is 32.9. The predicted molar refractivity (Wildman–Crippen MR) is 233 cm³/mol. The Morgan fingerprint density at radius 3 is 0.863 bits per heavy atom.